The average molecular weight is 381 g/mol. The van der Waals surface area contributed by atoms with Crippen molar-refractivity contribution in [3.63, 3.8) is 0 Å². The standard InChI is InChI=1S/C18H23N9O/c1-24(2)18-20-8-5-15(22-18)25-9-6-14(7-10-25)11-26-17(28)4-3-16(23-26)27-13-19-12-21-27/h3-5,8,12-14H,6-7,9-11H2,1-2H3. The van der Waals surface area contributed by atoms with E-state index in [9.17, 15) is 4.79 Å². The lowest BCUT2D eigenvalue weighted by molar-refractivity contribution is 0.333. The van der Waals surface area contributed by atoms with Crippen molar-refractivity contribution in [3.05, 3.63) is 47.4 Å². The van der Waals surface area contributed by atoms with E-state index in [1.54, 1.807) is 23.3 Å². The summed E-state index contributed by atoms with van der Waals surface area (Å²) in [7, 11) is 3.87. The molecule has 3 aromatic heterocycles. The number of nitrogens with zero attached hydrogens (tertiary/aromatic N) is 9. The Morgan fingerprint density at radius 3 is 2.68 bits per heavy atom. The Kier molecular flexibility index (Phi) is 5.00. The number of hydrogen-bond donors (Lipinski definition) is 0. The molecule has 1 aliphatic heterocycles. The van der Waals surface area contributed by atoms with Crippen molar-refractivity contribution in [1.29, 1.82) is 0 Å². The monoisotopic (exact) mass is 381 g/mol. The molecule has 0 bridgehead atoms. The van der Waals surface area contributed by atoms with Gasteiger partial charge in [0.2, 0.25) is 5.95 Å². The first-order chi connectivity index (χ1) is 13.6. The number of anilines is 2. The molecule has 146 valence electrons. The molecule has 4 heterocycles. The SMILES string of the molecule is CN(C)c1nccc(N2CCC(Cn3nc(-n4cncn4)ccc3=O)CC2)n1. The molecule has 0 radical (unpaired) electrons. The third-order valence-corrected chi connectivity index (χ3v) is 4.90. The zero-order valence-corrected chi connectivity index (χ0v) is 16.0. The molecule has 1 fully saturated rings. The van der Waals surface area contributed by atoms with E-state index < -0.39 is 0 Å². The second-order valence-corrected chi connectivity index (χ2v) is 7.09. The quantitative estimate of drug-likeness (QED) is 0.634. The Hall–Kier alpha value is -3.30. The summed E-state index contributed by atoms with van der Waals surface area (Å²) in [5, 5.41) is 8.51. The summed E-state index contributed by atoms with van der Waals surface area (Å²) in [5.41, 5.74) is -0.0993. The zero-order chi connectivity index (χ0) is 19.5. The highest BCUT2D eigenvalue weighted by atomic mass is 16.1. The molecule has 0 spiro atoms. The molecule has 10 nitrogen and oxygen atoms in total. The van der Waals surface area contributed by atoms with Crippen LogP contribution >= 0.6 is 0 Å². The van der Waals surface area contributed by atoms with Crippen molar-refractivity contribution < 1.29 is 0 Å². The topological polar surface area (TPSA) is 97.9 Å². The van der Waals surface area contributed by atoms with Crippen LogP contribution in [0.1, 0.15) is 12.8 Å². The summed E-state index contributed by atoms with van der Waals surface area (Å²) >= 11 is 0. The minimum atomic E-state index is -0.0993. The molecule has 3 aromatic rings. The molecule has 0 amide bonds. The van der Waals surface area contributed by atoms with Crippen LogP contribution in [0.15, 0.2) is 41.8 Å². The van der Waals surface area contributed by atoms with E-state index in [4.69, 9.17) is 0 Å². The maximum Gasteiger partial charge on any atom is 0.266 e. The fourth-order valence-electron chi connectivity index (χ4n) is 3.34. The van der Waals surface area contributed by atoms with Crippen LogP contribution in [0.25, 0.3) is 5.82 Å². The highest BCUT2D eigenvalue weighted by molar-refractivity contribution is 5.43. The van der Waals surface area contributed by atoms with Gasteiger partial charge < -0.3 is 9.80 Å². The summed E-state index contributed by atoms with van der Waals surface area (Å²) in [6.45, 7) is 2.39. The molecule has 1 aliphatic rings. The van der Waals surface area contributed by atoms with Gasteiger partial charge in [-0.25, -0.2) is 19.3 Å². The molecule has 4 rings (SSSR count). The Morgan fingerprint density at radius 2 is 1.96 bits per heavy atom. The van der Waals surface area contributed by atoms with Gasteiger partial charge in [0, 0.05) is 46.0 Å². The lowest BCUT2D eigenvalue weighted by atomic mass is 9.97. The predicted molar refractivity (Wildman–Crippen MR) is 105 cm³/mol. The van der Waals surface area contributed by atoms with Gasteiger partial charge >= 0.3 is 0 Å². The van der Waals surface area contributed by atoms with Gasteiger partial charge in [-0.1, -0.05) is 0 Å². The maximum absolute atomic E-state index is 12.2. The normalized spacial score (nSPS) is 15.0. The van der Waals surface area contributed by atoms with Crippen molar-refractivity contribution in [2.45, 2.75) is 19.4 Å². The first-order valence-electron chi connectivity index (χ1n) is 9.28. The number of aromatic nitrogens is 7. The van der Waals surface area contributed by atoms with Crippen molar-refractivity contribution in [1.82, 2.24) is 34.5 Å². The van der Waals surface area contributed by atoms with E-state index in [1.165, 1.54) is 17.1 Å². The van der Waals surface area contributed by atoms with Crippen LogP contribution in [0.4, 0.5) is 11.8 Å². The van der Waals surface area contributed by atoms with Crippen LogP contribution in [0.3, 0.4) is 0 Å². The molecule has 28 heavy (non-hydrogen) atoms. The summed E-state index contributed by atoms with van der Waals surface area (Å²) in [6, 6.07) is 5.14. The van der Waals surface area contributed by atoms with E-state index in [-0.39, 0.29) is 5.56 Å². The van der Waals surface area contributed by atoms with Crippen LogP contribution in [0, 0.1) is 5.92 Å². The van der Waals surface area contributed by atoms with E-state index in [2.05, 4.69) is 30.0 Å². The minimum Gasteiger partial charge on any atom is -0.356 e. The van der Waals surface area contributed by atoms with E-state index >= 15 is 0 Å². The van der Waals surface area contributed by atoms with Gasteiger partial charge in [0.25, 0.3) is 5.56 Å². The van der Waals surface area contributed by atoms with Gasteiger partial charge in [0.1, 0.15) is 18.5 Å². The highest BCUT2D eigenvalue weighted by Crippen LogP contribution is 2.23. The second-order valence-electron chi connectivity index (χ2n) is 7.09. The van der Waals surface area contributed by atoms with Crippen LogP contribution < -0.4 is 15.4 Å². The van der Waals surface area contributed by atoms with Gasteiger partial charge in [-0.2, -0.15) is 10.1 Å². The van der Waals surface area contributed by atoms with Gasteiger partial charge in [0.05, 0.1) is 0 Å². The predicted octanol–water partition coefficient (Wildman–Crippen LogP) is 0.597. The van der Waals surface area contributed by atoms with Crippen LogP contribution in [0.5, 0.6) is 0 Å². The van der Waals surface area contributed by atoms with Gasteiger partial charge in [-0.05, 0) is 30.9 Å². The first-order valence-corrected chi connectivity index (χ1v) is 9.28. The average Bonchev–Trinajstić information content (AvgIpc) is 3.25. The molecule has 0 aliphatic carbocycles. The Bertz CT molecular complexity index is 975. The molecule has 10 heteroatoms. The molecule has 1 saturated heterocycles. The van der Waals surface area contributed by atoms with Crippen molar-refractivity contribution in [2.24, 2.45) is 5.92 Å². The molecular weight excluding hydrogens is 358 g/mol. The van der Waals surface area contributed by atoms with E-state index in [0.717, 1.165) is 31.7 Å². The lowest BCUT2D eigenvalue weighted by Gasteiger charge is -2.33. The number of rotatable bonds is 5. The second kappa shape index (κ2) is 7.75. The largest absolute Gasteiger partial charge is 0.356 e. The van der Waals surface area contributed by atoms with Crippen molar-refractivity contribution in [3.8, 4) is 5.82 Å². The van der Waals surface area contributed by atoms with Gasteiger partial charge in [0.15, 0.2) is 5.82 Å². The number of piperidine rings is 1. The third kappa shape index (κ3) is 3.85. The summed E-state index contributed by atoms with van der Waals surface area (Å²) in [6.07, 6.45) is 6.76. The minimum absolute atomic E-state index is 0.0993. The Labute approximate surface area is 162 Å². The molecule has 0 atom stereocenters. The van der Waals surface area contributed by atoms with E-state index in [0.29, 0.717) is 24.2 Å². The van der Waals surface area contributed by atoms with Crippen LogP contribution in [-0.2, 0) is 6.54 Å². The number of hydrogen-bond acceptors (Lipinski definition) is 8. The fraction of sp³-hybridized carbons (Fsp3) is 0.444. The van der Waals surface area contributed by atoms with Crippen molar-refractivity contribution >= 4 is 11.8 Å². The van der Waals surface area contributed by atoms with Gasteiger partial charge in [-0.15, -0.1) is 5.10 Å². The third-order valence-electron chi connectivity index (χ3n) is 4.90. The molecule has 0 N–H and O–H groups in total. The first kappa shape index (κ1) is 18.1. The Morgan fingerprint density at radius 1 is 1.14 bits per heavy atom. The molecule has 0 aromatic carbocycles. The fourth-order valence-corrected chi connectivity index (χ4v) is 3.34. The molecule has 0 unspecified atom stereocenters. The van der Waals surface area contributed by atoms with Gasteiger partial charge in [-0.3, -0.25) is 4.79 Å². The summed E-state index contributed by atoms with van der Waals surface area (Å²) in [4.78, 5) is 29.2. The molecular formula is C18H23N9O. The molecule has 0 saturated carbocycles. The lowest BCUT2D eigenvalue weighted by Crippen LogP contribution is -2.37. The summed E-state index contributed by atoms with van der Waals surface area (Å²) < 4.78 is 3.09. The maximum atomic E-state index is 12.2. The van der Waals surface area contributed by atoms with Crippen molar-refractivity contribution in [2.75, 3.05) is 37.0 Å². The summed E-state index contributed by atoms with van der Waals surface area (Å²) in [5.74, 6) is 2.63. The van der Waals surface area contributed by atoms with Crippen LogP contribution in [0.2, 0.25) is 0 Å². The Balaban J connectivity index is 1.42. The van der Waals surface area contributed by atoms with Crippen LogP contribution in [-0.4, -0.2) is 61.7 Å². The zero-order valence-electron chi connectivity index (χ0n) is 16.0. The smallest absolute Gasteiger partial charge is 0.266 e. The highest BCUT2D eigenvalue weighted by Gasteiger charge is 2.22. The van der Waals surface area contributed by atoms with E-state index in [1.807, 2.05) is 25.1 Å².